The first-order valence-corrected chi connectivity index (χ1v) is 4.60. The minimum Gasteiger partial charge on any atom is -0.461 e. The molecule has 0 bridgehead atoms. The summed E-state index contributed by atoms with van der Waals surface area (Å²) in [5.74, 6) is -1.13. The number of rotatable bonds is 2. The molecule has 0 N–H and O–H groups in total. The molecular formula is C11H6ClFO2. The van der Waals surface area contributed by atoms with Crippen LogP contribution in [0.2, 0.25) is 5.02 Å². The lowest BCUT2D eigenvalue weighted by Gasteiger charge is -2.01. The standard InChI is InChI=1S/C11H6ClFO2/c12-7-3-1-4-8(13)10(7)11(14)9-5-2-6-15-9/h1-6H. The number of carbonyl (C=O) groups excluding carboxylic acids is 1. The predicted octanol–water partition coefficient (Wildman–Crippen LogP) is 3.30. The molecule has 2 rings (SSSR count). The lowest BCUT2D eigenvalue weighted by atomic mass is 10.1. The Bertz CT molecular complexity index is 471. The molecule has 4 heteroatoms. The Labute approximate surface area is 90.3 Å². The van der Waals surface area contributed by atoms with Crippen molar-refractivity contribution in [3.63, 3.8) is 0 Å². The molecule has 0 saturated heterocycles. The number of hydrogen-bond acceptors (Lipinski definition) is 2. The van der Waals surface area contributed by atoms with Crippen LogP contribution in [0.15, 0.2) is 41.0 Å². The molecule has 0 atom stereocenters. The summed E-state index contributed by atoms with van der Waals surface area (Å²) in [4.78, 5) is 11.7. The molecule has 2 aromatic rings. The molecule has 15 heavy (non-hydrogen) atoms. The van der Waals surface area contributed by atoms with Crippen LogP contribution in [0.3, 0.4) is 0 Å². The molecule has 0 aliphatic heterocycles. The highest BCUT2D eigenvalue weighted by Gasteiger charge is 2.19. The molecular weight excluding hydrogens is 219 g/mol. The number of ketones is 1. The van der Waals surface area contributed by atoms with Gasteiger partial charge >= 0.3 is 0 Å². The van der Waals surface area contributed by atoms with Crippen LogP contribution in [0.4, 0.5) is 4.39 Å². The average Bonchev–Trinajstić information content (AvgIpc) is 2.69. The number of benzene rings is 1. The second-order valence-corrected chi connectivity index (χ2v) is 3.31. The van der Waals surface area contributed by atoms with Crippen molar-refractivity contribution in [2.24, 2.45) is 0 Å². The predicted molar refractivity (Wildman–Crippen MR) is 53.6 cm³/mol. The van der Waals surface area contributed by atoms with E-state index in [-0.39, 0.29) is 16.3 Å². The zero-order valence-electron chi connectivity index (χ0n) is 7.54. The first kappa shape index (κ1) is 9.93. The first-order chi connectivity index (χ1) is 7.20. The van der Waals surface area contributed by atoms with Crippen molar-refractivity contribution < 1.29 is 13.6 Å². The Morgan fingerprint density at radius 3 is 2.67 bits per heavy atom. The maximum absolute atomic E-state index is 13.3. The third-order valence-corrected chi connectivity index (χ3v) is 2.25. The number of halogens is 2. The molecule has 76 valence electrons. The molecule has 0 fully saturated rings. The SMILES string of the molecule is O=C(c1ccco1)c1c(F)cccc1Cl. The fourth-order valence-corrected chi connectivity index (χ4v) is 1.49. The van der Waals surface area contributed by atoms with Gasteiger partial charge in [0, 0.05) is 0 Å². The van der Waals surface area contributed by atoms with E-state index in [9.17, 15) is 9.18 Å². The van der Waals surface area contributed by atoms with E-state index in [1.165, 1.54) is 30.5 Å². The third kappa shape index (κ3) is 1.78. The van der Waals surface area contributed by atoms with E-state index in [0.29, 0.717) is 0 Å². The van der Waals surface area contributed by atoms with Crippen LogP contribution in [0.25, 0.3) is 0 Å². The second kappa shape index (κ2) is 3.87. The van der Waals surface area contributed by atoms with Gasteiger partial charge < -0.3 is 4.42 Å². The van der Waals surface area contributed by atoms with Gasteiger partial charge in [-0.2, -0.15) is 0 Å². The summed E-state index contributed by atoms with van der Waals surface area (Å²) in [6, 6.07) is 7.10. The number of furan rings is 1. The molecule has 0 unspecified atom stereocenters. The van der Waals surface area contributed by atoms with Gasteiger partial charge in [-0.3, -0.25) is 4.79 Å². The van der Waals surface area contributed by atoms with Crippen molar-refractivity contribution in [2.45, 2.75) is 0 Å². The fourth-order valence-electron chi connectivity index (χ4n) is 1.25. The Kier molecular flexibility index (Phi) is 2.56. The maximum Gasteiger partial charge on any atom is 0.232 e. The molecule has 0 amide bonds. The van der Waals surface area contributed by atoms with Gasteiger partial charge in [-0.1, -0.05) is 17.7 Å². The highest BCUT2D eigenvalue weighted by molar-refractivity contribution is 6.34. The molecule has 1 aromatic carbocycles. The topological polar surface area (TPSA) is 30.2 Å². The molecule has 2 nitrogen and oxygen atoms in total. The van der Waals surface area contributed by atoms with Crippen LogP contribution in [-0.4, -0.2) is 5.78 Å². The zero-order chi connectivity index (χ0) is 10.8. The van der Waals surface area contributed by atoms with Crippen molar-refractivity contribution in [3.05, 3.63) is 58.8 Å². The lowest BCUT2D eigenvalue weighted by molar-refractivity contribution is 0.101. The Morgan fingerprint density at radius 2 is 2.07 bits per heavy atom. The average molecular weight is 225 g/mol. The molecule has 0 spiro atoms. The summed E-state index contributed by atoms with van der Waals surface area (Å²) < 4.78 is 18.2. The fraction of sp³-hybridized carbons (Fsp3) is 0. The highest BCUT2D eigenvalue weighted by Crippen LogP contribution is 2.22. The van der Waals surface area contributed by atoms with E-state index >= 15 is 0 Å². The van der Waals surface area contributed by atoms with Gasteiger partial charge in [0.2, 0.25) is 5.78 Å². The van der Waals surface area contributed by atoms with Crippen molar-refractivity contribution >= 4 is 17.4 Å². The van der Waals surface area contributed by atoms with Gasteiger partial charge in [0.05, 0.1) is 16.8 Å². The molecule has 0 saturated carbocycles. The summed E-state index contributed by atoms with van der Waals surface area (Å²) in [5.41, 5.74) is -0.158. The molecule has 0 aliphatic rings. The smallest absolute Gasteiger partial charge is 0.232 e. The largest absolute Gasteiger partial charge is 0.461 e. The van der Waals surface area contributed by atoms with Gasteiger partial charge in [-0.25, -0.2) is 4.39 Å². The summed E-state index contributed by atoms with van der Waals surface area (Å²) in [6.45, 7) is 0. The summed E-state index contributed by atoms with van der Waals surface area (Å²) in [7, 11) is 0. The highest BCUT2D eigenvalue weighted by atomic mass is 35.5. The van der Waals surface area contributed by atoms with E-state index in [1.54, 1.807) is 6.07 Å². The number of carbonyl (C=O) groups is 1. The van der Waals surface area contributed by atoms with Crippen LogP contribution in [0.5, 0.6) is 0 Å². The van der Waals surface area contributed by atoms with Crippen molar-refractivity contribution in [1.82, 2.24) is 0 Å². The Morgan fingerprint density at radius 1 is 1.27 bits per heavy atom. The van der Waals surface area contributed by atoms with Gasteiger partial charge in [0.25, 0.3) is 0 Å². The Hall–Kier alpha value is -1.61. The quantitative estimate of drug-likeness (QED) is 0.733. The molecule has 1 heterocycles. The van der Waals surface area contributed by atoms with E-state index in [1.807, 2.05) is 0 Å². The monoisotopic (exact) mass is 224 g/mol. The second-order valence-electron chi connectivity index (χ2n) is 2.90. The molecule has 0 aliphatic carbocycles. The van der Waals surface area contributed by atoms with Gasteiger partial charge in [0.15, 0.2) is 5.76 Å². The van der Waals surface area contributed by atoms with Crippen LogP contribution in [0, 0.1) is 5.82 Å². The van der Waals surface area contributed by atoms with Crippen LogP contribution >= 0.6 is 11.6 Å². The van der Waals surface area contributed by atoms with Gasteiger partial charge in [-0.15, -0.1) is 0 Å². The van der Waals surface area contributed by atoms with E-state index in [2.05, 4.69) is 0 Å². The van der Waals surface area contributed by atoms with Crippen LogP contribution < -0.4 is 0 Å². The van der Waals surface area contributed by atoms with E-state index in [4.69, 9.17) is 16.0 Å². The molecule has 1 aromatic heterocycles. The van der Waals surface area contributed by atoms with Crippen molar-refractivity contribution in [2.75, 3.05) is 0 Å². The zero-order valence-corrected chi connectivity index (χ0v) is 8.29. The van der Waals surface area contributed by atoms with Crippen molar-refractivity contribution in [1.29, 1.82) is 0 Å². The number of hydrogen-bond donors (Lipinski definition) is 0. The summed E-state index contributed by atoms with van der Waals surface area (Å²) in [5, 5.41) is 0.0800. The van der Waals surface area contributed by atoms with E-state index < -0.39 is 11.6 Å². The Balaban J connectivity index is 2.51. The lowest BCUT2D eigenvalue weighted by Crippen LogP contribution is -2.03. The van der Waals surface area contributed by atoms with Crippen molar-refractivity contribution in [3.8, 4) is 0 Å². The minimum atomic E-state index is -0.649. The van der Waals surface area contributed by atoms with Crippen LogP contribution in [-0.2, 0) is 0 Å². The minimum absolute atomic E-state index is 0.0713. The first-order valence-electron chi connectivity index (χ1n) is 4.22. The maximum atomic E-state index is 13.3. The van der Waals surface area contributed by atoms with E-state index in [0.717, 1.165) is 0 Å². The van der Waals surface area contributed by atoms with Gasteiger partial charge in [-0.05, 0) is 24.3 Å². The van der Waals surface area contributed by atoms with Gasteiger partial charge in [0.1, 0.15) is 5.82 Å². The third-order valence-electron chi connectivity index (χ3n) is 1.93. The summed E-state index contributed by atoms with van der Waals surface area (Å²) in [6.07, 6.45) is 1.35. The molecule has 0 radical (unpaired) electrons. The van der Waals surface area contributed by atoms with Crippen LogP contribution in [0.1, 0.15) is 16.1 Å². The summed E-state index contributed by atoms with van der Waals surface area (Å²) >= 11 is 5.74. The normalized spacial score (nSPS) is 10.3.